The summed E-state index contributed by atoms with van der Waals surface area (Å²) in [6.07, 6.45) is 2.11. The predicted molar refractivity (Wildman–Crippen MR) is 126 cm³/mol. The van der Waals surface area contributed by atoms with Crippen LogP contribution in [-0.4, -0.2) is 37.8 Å². The van der Waals surface area contributed by atoms with Gasteiger partial charge in [-0.1, -0.05) is 12.1 Å². The zero-order valence-corrected chi connectivity index (χ0v) is 20.0. The van der Waals surface area contributed by atoms with Crippen molar-refractivity contribution in [1.29, 1.82) is 0 Å². The van der Waals surface area contributed by atoms with E-state index in [9.17, 15) is 0 Å². The van der Waals surface area contributed by atoms with Crippen molar-refractivity contribution in [1.82, 2.24) is 15.6 Å². The van der Waals surface area contributed by atoms with E-state index in [1.54, 1.807) is 23.1 Å². The third-order valence-corrected chi connectivity index (χ3v) is 5.43. The standard InChI is InChI=1S/C18H27N5S2.HI/c1-6-19-17(21-11-15-12-25-18(22-15)23(3)4)20-10-14-8-7-13(2)9-16(14)24-5;/h7-9,12H,6,10-11H2,1-5H3,(H2,19,20,21);1H. The molecule has 1 heterocycles. The number of aromatic nitrogens is 1. The summed E-state index contributed by atoms with van der Waals surface area (Å²) in [5, 5.41) is 9.76. The van der Waals surface area contributed by atoms with Gasteiger partial charge >= 0.3 is 0 Å². The maximum Gasteiger partial charge on any atom is 0.191 e. The Morgan fingerprint density at radius 1 is 1.31 bits per heavy atom. The molecule has 1 aromatic carbocycles. The van der Waals surface area contributed by atoms with Crippen molar-refractivity contribution in [2.24, 2.45) is 4.99 Å². The molecule has 0 amide bonds. The Morgan fingerprint density at radius 2 is 2.08 bits per heavy atom. The van der Waals surface area contributed by atoms with Gasteiger partial charge in [0.25, 0.3) is 0 Å². The lowest BCUT2D eigenvalue weighted by Crippen LogP contribution is -2.36. The Morgan fingerprint density at radius 3 is 2.69 bits per heavy atom. The number of thioether (sulfide) groups is 1. The first kappa shape index (κ1) is 23.0. The highest BCUT2D eigenvalue weighted by Gasteiger charge is 2.06. The van der Waals surface area contributed by atoms with Crippen LogP contribution in [0.15, 0.2) is 33.5 Å². The molecule has 0 saturated heterocycles. The van der Waals surface area contributed by atoms with Crippen molar-refractivity contribution in [3.05, 3.63) is 40.4 Å². The first-order valence-electron chi connectivity index (χ1n) is 8.31. The molecule has 2 aromatic rings. The number of rotatable bonds is 7. The summed E-state index contributed by atoms with van der Waals surface area (Å²) < 4.78 is 0. The lowest BCUT2D eigenvalue weighted by molar-refractivity contribution is 0.801. The summed E-state index contributed by atoms with van der Waals surface area (Å²) >= 11 is 3.42. The van der Waals surface area contributed by atoms with Gasteiger partial charge in [-0.25, -0.2) is 9.98 Å². The van der Waals surface area contributed by atoms with Gasteiger partial charge in [0.1, 0.15) is 0 Å². The number of anilines is 1. The topological polar surface area (TPSA) is 52.6 Å². The fourth-order valence-corrected chi connectivity index (χ4v) is 3.70. The summed E-state index contributed by atoms with van der Waals surface area (Å²) in [5.74, 6) is 0.814. The van der Waals surface area contributed by atoms with Gasteiger partial charge in [0.05, 0.1) is 18.8 Å². The van der Waals surface area contributed by atoms with E-state index in [0.717, 1.165) is 23.3 Å². The summed E-state index contributed by atoms with van der Waals surface area (Å²) in [6, 6.07) is 6.52. The molecule has 0 aliphatic heterocycles. The SMILES string of the molecule is CCNC(=NCc1ccc(C)cc1SC)NCc1csc(N(C)C)n1.I. The molecule has 1 aromatic heterocycles. The second-order valence-electron chi connectivity index (χ2n) is 5.88. The Kier molecular flexibility index (Phi) is 10.3. The van der Waals surface area contributed by atoms with Crippen LogP contribution in [0.3, 0.4) is 0 Å². The van der Waals surface area contributed by atoms with Gasteiger partial charge in [-0.05, 0) is 37.3 Å². The maximum absolute atomic E-state index is 4.73. The molecule has 0 spiro atoms. The number of hydrogen-bond donors (Lipinski definition) is 2. The van der Waals surface area contributed by atoms with E-state index < -0.39 is 0 Å². The van der Waals surface area contributed by atoms with Crippen LogP contribution in [-0.2, 0) is 13.1 Å². The number of guanidine groups is 1. The predicted octanol–water partition coefficient (Wildman–Crippen LogP) is 4.11. The van der Waals surface area contributed by atoms with Crippen molar-refractivity contribution in [2.75, 3.05) is 31.8 Å². The van der Waals surface area contributed by atoms with Crippen LogP contribution in [0.2, 0.25) is 0 Å². The van der Waals surface area contributed by atoms with Crippen molar-refractivity contribution < 1.29 is 0 Å². The highest BCUT2D eigenvalue weighted by Crippen LogP contribution is 2.22. The molecule has 0 radical (unpaired) electrons. The van der Waals surface area contributed by atoms with Crippen LogP contribution in [0, 0.1) is 6.92 Å². The maximum atomic E-state index is 4.73. The van der Waals surface area contributed by atoms with Crippen LogP contribution < -0.4 is 15.5 Å². The average molecular weight is 505 g/mol. The summed E-state index contributed by atoms with van der Waals surface area (Å²) in [5.41, 5.74) is 3.56. The zero-order chi connectivity index (χ0) is 18.2. The van der Waals surface area contributed by atoms with Gasteiger partial charge in [-0.15, -0.1) is 47.1 Å². The number of aliphatic imine (C=N–C) groups is 1. The minimum Gasteiger partial charge on any atom is -0.357 e. The number of thiazole rings is 1. The summed E-state index contributed by atoms with van der Waals surface area (Å²) in [6.45, 7) is 6.35. The van der Waals surface area contributed by atoms with Crippen LogP contribution in [0.1, 0.15) is 23.7 Å². The number of nitrogens with one attached hydrogen (secondary N) is 2. The molecule has 0 fully saturated rings. The molecular formula is C18H28IN5S2. The van der Waals surface area contributed by atoms with E-state index in [-0.39, 0.29) is 24.0 Å². The number of halogens is 1. The molecule has 8 heteroatoms. The van der Waals surface area contributed by atoms with E-state index in [1.165, 1.54) is 16.0 Å². The molecule has 2 rings (SSSR count). The number of hydrogen-bond acceptors (Lipinski definition) is 5. The van der Waals surface area contributed by atoms with Crippen LogP contribution in [0.25, 0.3) is 0 Å². The van der Waals surface area contributed by atoms with Crippen LogP contribution in [0.5, 0.6) is 0 Å². The van der Waals surface area contributed by atoms with Gasteiger partial charge in [0, 0.05) is 30.9 Å². The fraction of sp³-hybridized carbons (Fsp3) is 0.444. The quantitative estimate of drug-likeness (QED) is 0.257. The van der Waals surface area contributed by atoms with Crippen molar-refractivity contribution in [3.63, 3.8) is 0 Å². The van der Waals surface area contributed by atoms with Crippen LogP contribution >= 0.6 is 47.1 Å². The molecule has 2 N–H and O–H groups in total. The normalized spacial score (nSPS) is 11.0. The van der Waals surface area contributed by atoms with Crippen molar-refractivity contribution >= 4 is 58.2 Å². The third-order valence-electron chi connectivity index (χ3n) is 3.55. The smallest absolute Gasteiger partial charge is 0.191 e. The first-order chi connectivity index (χ1) is 12.0. The van der Waals surface area contributed by atoms with Crippen molar-refractivity contribution in [3.8, 4) is 0 Å². The average Bonchev–Trinajstić information content (AvgIpc) is 3.07. The van der Waals surface area contributed by atoms with Gasteiger partial charge in [0.15, 0.2) is 11.1 Å². The Balaban J connectivity index is 0.00000338. The zero-order valence-electron chi connectivity index (χ0n) is 16.0. The molecule has 26 heavy (non-hydrogen) atoms. The lowest BCUT2D eigenvalue weighted by atomic mass is 10.1. The van der Waals surface area contributed by atoms with E-state index in [2.05, 4.69) is 59.3 Å². The highest BCUT2D eigenvalue weighted by atomic mass is 127. The van der Waals surface area contributed by atoms with Gasteiger partial charge in [-0.3, -0.25) is 0 Å². The third kappa shape index (κ3) is 6.96. The van der Waals surface area contributed by atoms with E-state index >= 15 is 0 Å². The molecule has 0 aliphatic rings. The van der Waals surface area contributed by atoms with Crippen LogP contribution in [0.4, 0.5) is 5.13 Å². The Labute approximate surface area is 182 Å². The minimum atomic E-state index is 0. The second-order valence-corrected chi connectivity index (χ2v) is 7.56. The minimum absolute atomic E-state index is 0. The molecule has 0 unspecified atom stereocenters. The lowest BCUT2D eigenvalue weighted by Gasteiger charge is -2.12. The summed E-state index contributed by atoms with van der Waals surface area (Å²) in [7, 11) is 4.01. The number of aryl methyl sites for hydroxylation is 1. The monoisotopic (exact) mass is 505 g/mol. The number of benzene rings is 1. The Bertz CT molecular complexity index is 715. The van der Waals surface area contributed by atoms with Gasteiger partial charge < -0.3 is 15.5 Å². The van der Waals surface area contributed by atoms with E-state index in [0.29, 0.717) is 13.1 Å². The molecule has 0 bridgehead atoms. The molecule has 5 nitrogen and oxygen atoms in total. The summed E-state index contributed by atoms with van der Waals surface area (Å²) in [4.78, 5) is 12.6. The highest BCUT2D eigenvalue weighted by molar-refractivity contribution is 14.0. The van der Waals surface area contributed by atoms with E-state index in [1.807, 2.05) is 19.0 Å². The molecule has 144 valence electrons. The van der Waals surface area contributed by atoms with Gasteiger partial charge in [0.2, 0.25) is 0 Å². The largest absolute Gasteiger partial charge is 0.357 e. The molecule has 0 aliphatic carbocycles. The molecular weight excluding hydrogens is 477 g/mol. The van der Waals surface area contributed by atoms with E-state index in [4.69, 9.17) is 4.99 Å². The first-order valence-corrected chi connectivity index (χ1v) is 10.4. The number of nitrogens with zero attached hydrogens (tertiary/aromatic N) is 3. The Hall–Kier alpha value is -1.00. The second kappa shape index (κ2) is 11.7. The molecule has 0 atom stereocenters. The molecule has 0 saturated carbocycles. The van der Waals surface area contributed by atoms with Gasteiger partial charge in [-0.2, -0.15) is 0 Å². The fourth-order valence-electron chi connectivity index (χ4n) is 2.25. The van der Waals surface area contributed by atoms with Crippen molar-refractivity contribution in [2.45, 2.75) is 31.8 Å².